The number of phenolic OH excluding ortho intramolecular Hbond substituents is 18. The first-order chi connectivity index (χ1) is 34.1. The largest absolute Gasteiger partial charge is 0.504 e. The molecule has 0 bridgehead atoms. The summed E-state index contributed by atoms with van der Waals surface area (Å²) in [4.78, 5) is 0. The van der Waals surface area contributed by atoms with Crippen LogP contribution in [0.1, 0.15) is 66.8 Å². The fraction of sp³-hybridized carbons (Fsp3) is 0.222. The highest BCUT2D eigenvalue weighted by molar-refractivity contribution is 5.59. The highest BCUT2D eigenvalue weighted by Crippen LogP contribution is 2.43. The SMILES string of the molecule is Oc1cc(CCc2c(CCc3cc(O)c(O)c(O)c3)c(CCc3cc(O)c(O)c(O)c3)c(CCc3cc(O)c(O)c(O)c3)c(CCc3cc(O)c(O)c(O)c3)c2CCc2cc(O)c(O)c(O)c2)cc(O)c1O. The Labute approximate surface area is 410 Å². The van der Waals surface area contributed by atoms with E-state index < -0.39 is 103 Å². The Balaban J connectivity index is 1.53. The summed E-state index contributed by atoms with van der Waals surface area (Å²) < 4.78 is 0. The minimum absolute atomic E-state index is 0.118. The minimum Gasteiger partial charge on any atom is -0.504 e. The van der Waals surface area contributed by atoms with Gasteiger partial charge in [-0.3, -0.25) is 0 Å². The van der Waals surface area contributed by atoms with E-state index in [9.17, 15) is 91.9 Å². The Morgan fingerprint density at radius 2 is 0.250 bits per heavy atom. The van der Waals surface area contributed by atoms with Crippen LogP contribution in [0.5, 0.6) is 103 Å². The second-order valence-electron chi connectivity index (χ2n) is 17.8. The third-order valence-corrected chi connectivity index (χ3v) is 12.9. The second-order valence-corrected chi connectivity index (χ2v) is 17.8. The molecule has 0 unspecified atom stereocenters. The van der Waals surface area contributed by atoms with Crippen LogP contribution in [0.2, 0.25) is 0 Å². The van der Waals surface area contributed by atoms with Crippen LogP contribution in [0.3, 0.4) is 0 Å². The monoisotopic (exact) mass is 990 g/mol. The molecular weight excluding hydrogens is 937 g/mol. The standard InChI is InChI=1S/C54H54O18/c55-37-13-25(14-38(56)49(37)67)1-7-31-32(8-2-26-15-39(57)50(68)40(58)16-26)34(10-4-28-19-43(61)52(70)44(62)20-28)36(12-6-30-23-47(65)54(72)48(66)24-30)35(11-5-29-21-45(63)53(71)46(64)22-29)33(31)9-3-27-17-41(59)51(69)42(60)18-27/h13-24,55-72H,1-12H2. The van der Waals surface area contributed by atoms with Gasteiger partial charge in [-0.25, -0.2) is 0 Å². The third-order valence-electron chi connectivity index (χ3n) is 12.9. The maximum atomic E-state index is 10.6. The molecule has 0 atom stereocenters. The lowest BCUT2D eigenvalue weighted by atomic mass is 9.76. The molecule has 72 heavy (non-hydrogen) atoms. The van der Waals surface area contributed by atoms with Crippen molar-refractivity contribution in [3.8, 4) is 103 Å². The van der Waals surface area contributed by atoms with Crippen LogP contribution < -0.4 is 0 Å². The van der Waals surface area contributed by atoms with Gasteiger partial charge in [0.1, 0.15) is 0 Å². The van der Waals surface area contributed by atoms with Gasteiger partial charge in [0.15, 0.2) is 103 Å². The van der Waals surface area contributed by atoms with Crippen LogP contribution in [0.4, 0.5) is 0 Å². The van der Waals surface area contributed by atoms with Gasteiger partial charge in [-0.05, 0) is 217 Å². The summed E-state index contributed by atoms with van der Waals surface area (Å²) in [6, 6.07) is 15.4. The lowest BCUT2D eigenvalue weighted by Crippen LogP contribution is -2.18. The average molecular weight is 991 g/mol. The van der Waals surface area contributed by atoms with E-state index in [0.717, 1.165) is 0 Å². The van der Waals surface area contributed by atoms with Crippen molar-refractivity contribution in [3.05, 3.63) is 140 Å². The van der Waals surface area contributed by atoms with E-state index in [1.807, 2.05) is 0 Å². The molecule has 0 radical (unpaired) electrons. The van der Waals surface area contributed by atoms with Gasteiger partial charge >= 0.3 is 0 Å². The average Bonchev–Trinajstić information content (AvgIpc) is 3.32. The van der Waals surface area contributed by atoms with E-state index in [-0.39, 0.29) is 77.0 Å². The Morgan fingerprint density at radius 3 is 0.347 bits per heavy atom. The zero-order valence-electron chi connectivity index (χ0n) is 38.5. The number of hydrogen-bond acceptors (Lipinski definition) is 18. The Kier molecular flexibility index (Phi) is 14.7. The fourth-order valence-corrected chi connectivity index (χ4v) is 9.35. The number of hydrogen-bond donors (Lipinski definition) is 18. The number of benzene rings is 7. The highest BCUT2D eigenvalue weighted by atomic mass is 16.4. The maximum absolute atomic E-state index is 10.6. The zero-order valence-corrected chi connectivity index (χ0v) is 38.5. The van der Waals surface area contributed by atoms with Crippen molar-refractivity contribution in [1.82, 2.24) is 0 Å². The molecule has 7 aromatic carbocycles. The molecule has 0 fully saturated rings. The molecule has 0 aliphatic heterocycles. The summed E-state index contributed by atoms with van der Waals surface area (Å²) in [6.07, 6.45) is 1.59. The molecule has 18 heteroatoms. The van der Waals surface area contributed by atoms with E-state index in [0.29, 0.717) is 66.8 Å². The molecular formula is C54H54O18. The summed E-state index contributed by atoms with van der Waals surface area (Å²) in [5.41, 5.74) is 6.46. The molecule has 7 rings (SSSR count). The predicted octanol–water partition coefficient (Wildman–Crippen LogP) is 7.10. The van der Waals surface area contributed by atoms with Crippen LogP contribution in [-0.2, 0) is 77.0 Å². The molecule has 18 N–H and O–H groups in total. The van der Waals surface area contributed by atoms with Crippen LogP contribution in [0.15, 0.2) is 72.8 Å². The maximum Gasteiger partial charge on any atom is 0.200 e. The fourth-order valence-electron chi connectivity index (χ4n) is 9.35. The summed E-state index contributed by atoms with van der Waals surface area (Å²) >= 11 is 0. The van der Waals surface area contributed by atoms with Crippen molar-refractivity contribution in [2.45, 2.75) is 77.0 Å². The molecule has 0 heterocycles. The normalized spacial score (nSPS) is 11.3. The van der Waals surface area contributed by atoms with E-state index in [1.165, 1.54) is 72.8 Å². The van der Waals surface area contributed by atoms with Crippen LogP contribution in [-0.4, -0.2) is 91.9 Å². The van der Waals surface area contributed by atoms with Gasteiger partial charge in [0.2, 0.25) is 0 Å². The molecule has 0 aromatic heterocycles. The van der Waals surface area contributed by atoms with Gasteiger partial charge in [-0.1, -0.05) is 0 Å². The van der Waals surface area contributed by atoms with Crippen molar-refractivity contribution in [1.29, 1.82) is 0 Å². The quantitative estimate of drug-likeness (QED) is 0.0381. The van der Waals surface area contributed by atoms with Crippen molar-refractivity contribution < 1.29 is 91.9 Å². The van der Waals surface area contributed by atoms with Crippen molar-refractivity contribution in [3.63, 3.8) is 0 Å². The summed E-state index contributed by atoms with van der Waals surface area (Å²) in [7, 11) is 0. The van der Waals surface area contributed by atoms with Crippen LogP contribution in [0, 0.1) is 0 Å². The zero-order chi connectivity index (χ0) is 52.3. The van der Waals surface area contributed by atoms with Gasteiger partial charge in [-0.2, -0.15) is 0 Å². The van der Waals surface area contributed by atoms with Crippen molar-refractivity contribution in [2.24, 2.45) is 0 Å². The molecule has 378 valence electrons. The first kappa shape index (κ1) is 50.8. The minimum atomic E-state index is -0.734. The van der Waals surface area contributed by atoms with E-state index >= 15 is 0 Å². The van der Waals surface area contributed by atoms with Gasteiger partial charge in [-0.15, -0.1) is 0 Å². The van der Waals surface area contributed by atoms with Crippen molar-refractivity contribution in [2.75, 3.05) is 0 Å². The third kappa shape index (κ3) is 11.0. The molecule has 0 saturated heterocycles. The summed E-state index contributed by atoms with van der Waals surface area (Å²) in [6.45, 7) is 0. The lowest BCUT2D eigenvalue weighted by Gasteiger charge is -2.29. The first-order valence-electron chi connectivity index (χ1n) is 22.7. The molecule has 0 aliphatic rings. The number of aromatic hydroxyl groups is 18. The van der Waals surface area contributed by atoms with Crippen LogP contribution >= 0.6 is 0 Å². The molecule has 7 aromatic rings. The summed E-state index contributed by atoms with van der Waals surface area (Å²) in [5, 5.41) is 188. The van der Waals surface area contributed by atoms with Gasteiger partial charge < -0.3 is 91.9 Å². The first-order valence-corrected chi connectivity index (χ1v) is 22.7. The molecule has 0 aliphatic carbocycles. The van der Waals surface area contributed by atoms with Crippen molar-refractivity contribution >= 4 is 0 Å². The van der Waals surface area contributed by atoms with E-state index in [4.69, 9.17) is 0 Å². The Bertz CT molecular complexity index is 2490. The molecule has 0 amide bonds. The second kappa shape index (κ2) is 20.9. The smallest absolute Gasteiger partial charge is 0.200 e. The molecule has 0 spiro atoms. The molecule has 0 saturated carbocycles. The number of aryl methyl sites for hydroxylation is 6. The topological polar surface area (TPSA) is 364 Å². The lowest BCUT2D eigenvalue weighted by molar-refractivity contribution is 0.367. The Morgan fingerprint density at radius 1 is 0.153 bits per heavy atom. The van der Waals surface area contributed by atoms with E-state index in [2.05, 4.69) is 0 Å². The van der Waals surface area contributed by atoms with Gasteiger partial charge in [0, 0.05) is 0 Å². The summed E-state index contributed by atoms with van der Waals surface area (Å²) in [5.74, 6) is -11.5. The van der Waals surface area contributed by atoms with Crippen LogP contribution in [0.25, 0.3) is 0 Å². The predicted molar refractivity (Wildman–Crippen MR) is 260 cm³/mol. The van der Waals surface area contributed by atoms with Gasteiger partial charge in [0.25, 0.3) is 0 Å². The number of phenols is 18. The molecule has 18 nitrogen and oxygen atoms in total. The van der Waals surface area contributed by atoms with Gasteiger partial charge in [0.05, 0.1) is 0 Å². The van der Waals surface area contributed by atoms with E-state index in [1.54, 1.807) is 0 Å². The highest BCUT2D eigenvalue weighted by Gasteiger charge is 2.26. The number of rotatable bonds is 18. The Hall–Kier alpha value is -9.06.